The van der Waals surface area contributed by atoms with E-state index in [1.807, 2.05) is 0 Å². The van der Waals surface area contributed by atoms with E-state index in [4.69, 9.17) is 9.47 Å². The Morgan fingerprint density at radius 1 is 1.50 bits per heavy atom. The van der Waals surface area contributed by atoms with Gasteiger partial charge in [-0.3, -0.25) is 0 Å². The van der Waals surface area contributed by atoms with Gasteiger partial charge in [-0.2, -0.15) is 0 Å². The summed E-state index contributed by atoms with van der Waals surface area (Å²) in [5, 5.41) is 0. The van der Waals surface area contributed by atoms with Gasteiger partial charge in [0, 0.05) is 0 Å². The van der Waals surface area contributed by atoms with Crippen molar-refractivity contribution in [3.05, 3.63) is 12.3 Å². The van der Waals surface area contributed by atoms with Crippen LogP contribution in [-0.4, -0.2) is 18.2 Å². The highest BCUT2D eigenvalue weighted by molar-refractivity contribution is 5.81. The molecule has 0 aromatic heterocycles. The van der Waals surface area contributed by atoms with Crippen LogP contribution in [0.25, 0.3) is 0 Å². The summed E-state index contributed by atoms with van der Waals surface area (Å²) in [6.07, 6.45) is 4.03. The number of esters is 1. The van der Waals surface area contributed by atoms with Crippen LogP contribution in [0, 0.1) is 0 Å². The molecule has 3 nitrogen and oxygen atoms in total. The van der Waals surface area contributed by atoms with E-state index in [1.54, 1.807) is 0 Å². The zero-order valence-corrected chi connectivity index (χ0v) is 6.91. The molecule has 1 saturated heterocycles. The van der Waals surface area contributed by atoms with E-state index in [2.05, 4.69) is 6.58 Å². The van der Waals surface area contributed by atoms with E-state index in [1.165, 1.54) is 12.8 Å². The third-order valence-corrected chi connectivity index (χ3v) is 2.30. The molecule has 0 spiro atoms. The fourth-order valence-electron chi connectivity index (χ4n) is 1.53. The molecular formula is C9H12O3. The molecule has 1 saturated carbocycles. The van der Waals surface area contributed by atoms with Crippen LogP contribution >= 0.6 is 0 Å². The molecule has 0 radical (unpaired) electrons. The van der Waals surface area contributed by atoms with E-state index in [0.717, 1.165) is 12.8 Å². The molecular weight excluding hydrogens is 156 g/mol. The van der Waals surface area contributed by atoms with Crippen LogP contribution in [0.3, 0.4) is 0 Å². The highest BCUT2D eigenvalue weighted by Crippen LogP contribution is 2.28. The zero-order chi connectivity index (χ0) is 8.55. The number of carbonyl (C=O) groups excluding carboxylic acids is 1. The van der Waals surface area contributed by atoms with Gasteiger partial charge in [0.25, 0.3) is 6.10 Å². The Labute approximate surface area is 71.3 Å². The lowest BCUT2D eigenvalue weighted by atomic mass is 10.3. The first-order valence-electron chi connectivity index (χ1n) is 4.33. The SMILES string of the molecule is C=C1OC1C(=O)OC1CCCC1. The first kappa shape index (κ1) is 7.65. The van der Waals surface area contributed by atoms with Gasteiger partial charge >= 0.3 is 5.97 Å². The lowest BCUT2D eigenvalue weighted by Gasteiger charge is -2.08. The van der Waals surface area contributed by atoms with Crippen molar-refractivity contribution in [2.75, 3.05) is 0 Å². The molecule has 12 heavy (non-hydrogen) atoms. The van der Waals surface area contributed by atoms with Gasteiger partial charge in [0.05, 0.1) is 0 Å². The minimum atomic E-state index is -0.453. The lowest BCUT2D eigenvalue weighted by molar-refractivity contribution is -0.150. The Hall–Kier alpha value is -0.990. The fraction of sp³-hybridized carbons (Fsp3) is 0.667. The monoisotopic (exact) mass is 168 g/mol. The van der Waals surface area contributed by atoms with Crippen LogP contribution in [0.1, 0.15) is 25.7 Å². The van der Waals surface area contributed by atoms with Crippen molar-refractivity contribution in [3.63, 3.8) is 0 Å². The Kier molecular flexibility index (Phi) is 1.79. The second-order valence-corrected chi connectivity index (χ2v) is 3.31. The Bertz CT molecular complexity index is 216. The van der Waals surface area contributed by atoms with Crippen molar-refractivity contribution in [1.29, 1.82) is 0 Å². The summed E-state index contributed by atoms with van der Waals surface area (Å²) in [5.41, 5.74) is 0. The van der Waals surface area contributed by atoms with Crippen molar-refractivity contribution in [2.45, 2.75) is 37.9 Å². The predicted molar refractivity (Wildman–Crippen MR) is 42.4 cm³/mol. The number of hydrogen-bond donors (Lipinski definition) is 0. The van der Waals surface area contributed by atoms with E-state index in [9.17, 15) is 4.79 Å². The molecule has 1 atom stereocenters. The summed E-state index contributed by atoms with van der Waals surface area (Å²) in [5.74, 6) is 0.282. The van der Waals surface area contributed by atoms with Gasteiger partial charge in [-0.15, -0.1) is 0 Å². The number of rotatable bonds is 2. The van der Waals surface area contributed by atoms with Crippen LogP contribution in [0.2, 0.25) is 0 Å². The summed E-state index contributed by atoms with van der Waals surface area (Å²) in [4.78, 5) is 11.2. The highest BCUT2D eigenvalue weighted by atomic mass is 16.6. The summed E-state index contributed by atoms with van der Waals surface area (Å²) >= 11 is 0. The normalized spacial score (nSPS) is 28.3. The lowest BCUT2D eigenvalue weighted by Crippen LogP contribution is -2.18. The number of ether oxygens (including phenoxy) is 2. The number of carbonyl (C=O) groups is 1. The first-order valence-corrected chi connectivity index (χ1v) is 4.33. The average Bonchev–Trinajstić information content (AvgIpc) is 2.58. The van der Waals surface area contributed by atoms with Crippen molar-refractivity contribution in [1.82, 2.24) is 0 Å². The van der Waals surface area contributed by atoms with Gasteiger partial charge < -0.3 is 9.47 Å². The Balaban J connectivity index is 1.78. The topological polar surface area (TPSA) is 38.8 Å². The third-order valence-electron chi connectivity index (χ3n) is 2.30. The van der Waals surface area contributed by atoms with Crippen LogP contribution in [0.15, 0.2) is 12.3 Å². The molecule has 1 aliphatic carbocycles. The van der Waals surface area contributed by atoms with Gasteiger partial charge in [-0.05, 0) is 25.7 Å². The highest BCUT2D eigenvalue weighted by Gasteiger charge is 2.41. The van der Waals surface area contributed by atoms with Gasteiger partial charge in [0.15, 0.2) is 0 Å². The van der Waals surface area contributed by atoms with Crippen LogP contribution < -0.4 is 0 Å². The molecule has 2 rings (SSSR count). The summed E-state index contributed by atoms with van der Waals surface area (Å²) in [7, 11) is 0. The molecule has 1 heterocycles. The average molecular weight is 168 g/mol. The summed E-state index contributed by atoms with van der Waals surface area (Å²) in [6, 6.07) is 0. The zero-order valence-electron chi connectivity index (χ0n) is 6.91. The summed E-state index contributed by atoms with van der Waals surface area (Å²) in [6.45, 7) is 3.52. The molecule has 3 heteroatoms. The number of epoxide rings is 1. The molecule has 66 valence electrons. The molecule has 0 aromatic carbocycles. The summed E-state index contributed by atoms with van der Waals surface area (Å²) < 4.78 is 10.0. The van der Waals surface area contributed by atoms with E-state index in [0.29, 0.717) is 5.76 Å². The van der Waals surface area contributed by atoms with Crippen LogP contribution in [-0.2, 0) is 14.3 Å². The second-order valence-electron chi connectivity index (χ2n) is 3.31. The van der Waals surface area contributed by atoms with Crippen molar-refractivity contribution >= 4 is 5.97 Å². The van der Waals surface area contributed by atoms with Crippen molar-refractivity contribution in [3.8, 4) is 0 Å². The Morgan fingerprint density at radius 3 is 2.58 bits per heavy atom. The molecule has 2 aliphatic rings. The van der Waals surface area contributed by atoms with E-state index in [-0.39, 0.29) is 12.1 Å². The predicted octanol–water partition coefficient (Wildman–Crippen LogP) is 1.38. The Morgan fingerprint density at radius 2 is 2.08 bits per heavy atom. The van der Waals surface area contributed by atoms with Crippen LogP contribution in [0.4, 0.5) is 0 Å². The van der Waals surface area contributed by atoms with Crippen molar-refractivity contribution < 1.29 is 14.3 Å². The van der Waals surface area contributed by atoms with E-state index >= 15 is 0 Å². The smallest absolute Gasteiger partial charge is 0.355 e. The minimum absolute atomic E-state index is 0.134. The maximum Gasteiger partial charge on any atom is 0.355 e. The van der Waals surface area contributed by atoms with Gasteiger partial charge in [-0.1, -0.05) is 6.58 Å². The largest absolute Gasteiger partial charge is 0.471 e. The maximum absolute atomic E-state index is 11.2. The van der Waals surface area contributed by atoms with E-state index < -0.39 is 6.10 Å². The second kappa shape index (κ2) is 2.81. The minimum Gasteiger partial charge on any atom is -0.471 e. The van der Waals surface area contributed by atoms with Gasteiger partial charge in [0.1, 0.15) is 11.9 Å². The standard InChI is InChI=1S/C9H12O3/c1-6-8(11-6)9(10)12-7-4-2-3-5-7/h7-8H,1-5H2. The van der Waals surface area contributed by atoms with Crippen molar-refractivity contribution in [2.24, 2.45) is 0 Å². The molecule has 0 N–H and O–H groups in total. The molecule has 0 amide bonds. The van der Waals surface area contributed by atoms with Crippen LogP contribution in [0.5, 0.6) is 0 Å². The molecule has 1 aliphatic heterocycles. The molecule has 0 aromatic rings. The molecule has 0 bridgehead atoms. The number of hydrogen-bond acceptors (Lipinski definition) is 3. The third kappa shape index (κ3) is 1.44. The molecule has 1 unspecified atom stereocenters. The molecule has 2 fully saturated rings. The first-order chi connectivity index (χ1) is 5.77. The maximum atomic E-state index is 11.2. The van der Waals surface area contributed by atoms with Gasteiger partial charge in [0.2, 0.25) is 0 Å². The quantitative estimate of drug-likeness (QED) is 0.462. The van der Waals surface area contributed by atoms with Gasteiger partial charge in [-0.25, -0.2) is 4.79 Å². The fourth-order valence-corrected chi connectivity index (χ4v) is 1.53.